The zero-order valence-corrected chi connectivity index (χ0v) is 8.74. The van der Waals surface area contributed by atoms with Crippen LogP contribution >= 0.6 is 0 Å². The van der Waals surface area contributed by atoms with E-state index >= 15 is 0 Å². The number of hydrogen-bond donors (Lipinski definition) is 3. The Labute approximate surface area is 81.0 Å². The van der Waals surface area contributed by atoms with Crippen LogP contribution in [0.4, 0.5) is 0 Å². The molecule has 0 aromatic rings. The van der Waals surface area contributed by atoms with Gasteiger partial charge in [0, 0.05) is 6.04 Å². The normalized spacial score (nSPS) is 18.2. The molecule has 3 nitrogen and oxygen atoms in total. The Morgan fingerprint density at radius 3 is 2.08 bits per heavy atom. The molecule has 3 atom stereocenters. The van der Waals surface area contributed by atoms with Gasteiger partial charge in [-0.2, -0.15) is 0 Å². The highest BCUT2D eigenvalue weighted by molar-refractivity contribution is 4.74. The van der Waals surface area contributed by atoms with Gasteiger partial charge in [0.1, 0.15) is 0 Å². The molecule has 0 fully saturated rings. The number of aliphatic hydroxyl groups is 2. The molecule has 13 heavy (non-hydrogen) atoms. The summed E-state index contributed by atoms with van der Waals surface area (Å²) in [6.45, 7) is 4.04. The lowest BCUT2D eigenvalue weighted by atomic mass is 9.99. The zero-order chi connectivity index (χ0) is 10.3. The summed E-state index contributed by atoms with van der Waals surface area (Å²) in [7, 11) is 0. The highest BCUT2D eigenvalue weighted by Crippen LogP contribution is 2.09. The third-order valence-electron chi connectivity index (χ3n) is 2.24. The topological polar surface area (TPSA) is 66.5 Å². The Bertz CT molecular complexity index is 119. The third kappa shape index (κ3) is 6.02. The molecule has 4 N–H and O–H groups in total. The van der Waals surface area contributed by atoms with Crippen molar-refractivity contribution in [2.75, 3.05) is 0 Å². The smallest absolute Gasteiger partial charge is 0.0691 e. The van der Waals surface area contributed by atoms with Crippen molar-refractivity contribution in [1.29, 1.82) is 0 Å². The monoisotopic (exact) mass is 189 g/mol. The average Bonchev–Trinajstić information content (AvgIpc) is 2.05. The Morgan fingerprint density at radius 1 is 1.08 bits per heavy atom. The molecule has 0 radical (unpaired) electrons. The summed E-state index contributed by atoms with van der Waals surface area (Å²) in [6.07, 6.45) is 3.07. The van der Waals surface area contributed by atoms with E-state index in [1.54, 1.807) is 0 Å². The highest BCUT2D eigenvalue weighted by Gasteiger charge is 2.17. The van der Waals surface area contributed by atoms with Crippen molar-refractivity contribution in [3.05, 3.63) is 0 Å². The van der Waals surface area contributed by atoms with Gasteiger partial charge in [0.2, 0.25) is 0 Å². The van der Waals surface area contributed by atoms with Gasteiger partial charge in [-0.3, -0.25) is 0 Å². The Hall–Kier alpha value is -0.120. The zero-order valence-electron chi connectivity index (χ0n) is 8.74. The Kier molecular flexibility index (Phi) is 7.23. The summed E-state index contributed by atoms with van der Waals surface area (Å²) < 4.78 is 0. The van der Waals surface area contributed by atoms with Gasteiger partial charge in [0.25, 0.3) is 0 Å². The van der Waals surface area contributed by atoms with E-state index in [0.717, 1.165) is 25.7 Å². The standard InChI is InChI=1S/C10H23NO2/c1-3-5-8(12)7-9(11)10(13)6-4-2/h8-10,12-13H,3-7,11H2,1-2H3. The fourth-order valence-electron chi connectivity index (χ4n) is 1.43. The molecule has 0 saturated carbocycles. The molecule has 0 heterocycles. The number of nitrogens with two attached hydrogens (primary N) is 1. The highest BCUT2D eigenvalue weighted by atomic mass is 16.3. The molecule has 0 aromatic heterocycles. The minimum absolute atomic E-state index is 0.276. The van der Waals surface area contributed by atoms with Gasteiger partial charge in [-0.15, -0.1) is 0 Å². The summed E-state index contributed by atoms with van der Waals surface area (Å²) in [5, 5.41) is 18.9. The first-order valence-electron chi connectivity index (χ1n) is 5.23. The van der Waals surface area contributed by atoms with Crippen molar-refractivity contribution in [1.82, 2.24) is 0 Å². The van der Waals surface area contributed by atoms with E-state index < -0.39 is 6.10 Å². The molecule has 0 aliphatic heterocycles. The second-order valence-electron chi connectivity index (χ2n) is 3.70. The van der Waals surface area contributed by atoms with Crippen LogP contribution in [0.1, 0.15) is 46.0 Å². The van der Waals surface area contributed by atoms with Crippen LogP contribution in [0.15, 0.2) is 0 Å². The maximum atomic E-state index is 9.50. The lowest BCUT2D eigenvalue weighted by molar-refractivity contribution is 0.0856. The van der Waals surface area contributed by atoms with Gasteiger partial charge in [-0.1, -0.05) is 26.7 Å². The third-order valence-corrected chi connectivity index (χ3v) is 2.24. The van der Waals surface area contributed by atoms with Crippen LogP contribution in [-0.2, 0) is 0 Å². The lowest BCUT2D eigenvalue weighted by Gasteiger charge is -2.20. The SMILES string of the molecule is CCCC(O)CC(N)C(O)CCC. The van der Waals surface area contributed by atoms with Gasteiger partial charge >= 0.3 is 0 Å². The molecule has 80 valence electrons. The van der Waals surface area contributed by atoms with Crippen molar-refractivity contribution >= 4 is 0 Å². The first-order valence-corrected chi connectivity index (χ1v) is 5.23. The van der Waals surface area contributed by atoms with Gasteiger partial charge in [-0.05, 0) is 19.3 Å². The number of hydrogen-bond acceptors (Lipinski definition) is 3. The van der Waals surface area contributed by atoms with E-state index in [2.05, 4.69) is 0 Å². The van der Waals surface area contributed by atoms with E-state index in [1.807, 2.05) is 13.8 Å². The molecule has 3 heteroatoms. The van der Waals surface area contributed by atoms with E-state index in [-0.39, 0.29) is 12.1 Å². The van der Waals surface area contributed by atoms with Gasteiger partial charge in [0.05, 0.1) is 12.2 Å². The Balaban J connectivity index is 3.64. The van der Waals surface area contributed by atoms with Crippen molar-refractivity contribution < 1.29 is 10.2 Å². The van der Waals surface area contributed by atoms with Crippen LogP contribution in [0.25, 0.3) is 0 Å². The predicted molar refractivity (Wildman–Crippen MR) is 54.4 cm³/mol. The van der Waals surface area contributed by atoms with E-state index in [1.165, 1.54) is 0 Å². The van der Waals surface area contributed by atoms with Crippen LogP contribution < -0.4 is 5.73 Å². The van der Waals surface area contributed by atoms with E-state index in [9.17, 15) is 10.2 Å². The van der Waals surface area contributed by atoms with Crippen LogP contribution in [-0.4, -0.2) is 28.5 Å². The van der Waals surface area contributed by atoms with Gasteiger partial charge in [0.15, 0.2) is 0 Å². The van der Waals surface area contributed by atoms with Crippen LogP contribution in [0, 0.1) is 0 Å². The molecule has 0 bridgehead atoms. The maximum Gasteiger partial charge on any atom is 0.0691 e. The molecule has 0 aliphatic carbocycles. The molecule has 0 aliphatic rings. The van der Waals surface area contributed by atoms with Crippen molar-refractivity contribution in [2.24, 2.45) is 5.73 Å². The van der Waals surface area contributed by atoms with E-state index in [0.29, 0.717) is 6.42 Å². The summed E-state index contributed by atoms with van der Waals surface area (Å²) in [6, 6.07) is -0.276. The predicted octanol–water partition coefficient (Wildman–Crippen LogP) is 1.03. The molecule has 0 rings (SSSR count). The van der Waals surface area contributed by atoms with Crippen LogP contribution in [0.2, 0.25) is 0 Å². The van der Waals surface area contributed by atoms with Gasteiger partial charge < -0.3 is 15.9 Å². The fourth-order valence-corrected chi connectivity index (χ4v) is 1.43. The Morgan fingerprint density at radius 2 is 1.62 bits per heavy atom. The quantitative estimate of drug-likeness (QED) is 0.560. The maximum absolute atomic E-state index is 9.50. The molecular formula is C10H23NO2. The van der Waals surface area contributed by atoms with E-state index in [4.69, 9.17) is 5.73 Å². The van der Waals surface area contributed by atoms with Crippen molar-refractivity contribution in [2.45, 2.75) is 64.2 Å². The second kappa shape index (κ2) is 7.30. The summed E-state index contributed by atoms with van der Waals surface area (Å²) >= 11 is 0. The first kappa shape index (κ1) is 12.9. The second-order valence-corrected chi connectivity index (χ2v) is 3.70. The van der Waals surface area contributed by atoms with Gasteiger partial charge in [-0.25, -0.2) is 0 Å². The molecule has 0 aromatic carbocycles. The fraction of sp³-hybridized carbons (Fsp3) is 1.00. The number of rotatable bonds is 7. The summed E-state index contributed by atoms with van der Waals surface area (Å²) in [5.41, 5.74) is 5.72. The molecule has 0 saturated heterocycles. The van der Waals surface area contributed by atoms with Crippen LogP contribution in [0.3, 0.4) is 0 Å². The van der Waals surface area contributed by atoms with Crippen LogP contribution in [0.5, 0.6) is 0 Å². The molecule has 0 spiro atoms. The molecule has 3 unspecified atom stereocenters. The van der Waals surface area contributed by atoms with Crippen molar-refractivity contribution in [3.63, 3.8) is 0 Å². The molecular weight excluding hydrogens is 166 g/mol. The minimum Gasteiger partial charge on any atom is -0.393 e. The minimum atomic E-state index is -0.462. The first-order chi connectivity index (χ1) is 6.11. The summed E-state index contributed by atoms with van der Waals surface area (Å²) in [4.78, 5) is 0. The summed E-state index contributed by atoms with van der Waals surface area (Å²) in [5.74, 6) is 0. The molecule has 0 amide bonds. The average molecular weight is 189 g/mol. The number of aliphatic hydroxyl groups excluding tert-OH is 2. The lowest BCUT2D eigenvalue weighted by Crippen LogP contribution is -2.37. The largest absolute Gasteiger partial charge is 0.393 e. The van der Waals surface area contributed by atoms with Crippen molar-refractivity contribution in [3.8, 4) is 0 Å².